The Kier molecular flexibility index (Phi) is 5.53. The molecule has 0 amide bonds. The van der Waals surface area contributed by atoms with Crippen LogP contribution >= 0.6 is 15.9 Å². The van der Waals surface area contributed by atoms with Crippen molar-refractivity contribution in [2.75, 3.05) is 13.2 Å². The number of rotatable bonds is 6. The number of fused-ring (bicyclic) bond motifs is 4. The van der Waals surface area contributed by atoms with Gasteiger partial charge in [-0.15, -0.1) is 0 Å². The lowest BCUT2D eigenvalue weighted by Gasteiger charge is -2.33. The number of benzene rings is 2. The molecule has 0 saturated heterocycles. The molecule has 0 atom stereocenters. The number of ketones is 1. The Balaban J connectivity index is 1.66. The number of halogens is 1. The highest BCUT2D eigenvalue weighted by atomic mass is 79.9. The molecule has 1 aliphatic rings. The molecule has 1 aliphatic carbocycles. The Morgan fingerprint density at radius 2 is 1.87 bits per heavy atom. The zero-order chi connectivity index (χ0) is 22.6. The quantitative estimate of drug-likeness (QED) is 0.378. The van der Waals surface area contributed by atoms with Crippen molar-refractivity contribution in [3.05, 3.63) is 63.3 Å². The molecule has 0 aliphatic heterocycles. The molecule has 0 fully saturated rings. The van der Waals surface area contributed by atoms with Crippen LogP contribution in [0.1, 0.15) is 61.3 Å². The van der Waals surface area contributed by atoms with Gasteiger partial charge in [-0.1, -0.05) is 35.8 Å². The average Bonchev–Trinajstić information content (AvgIpc) is 2.98. The summed E-state index contributed by atoms with van der Waals surface area (Å²) in [6.45, 7) is 8.41. The molecule has 0 radical (unpaired) electrons. The number of aromatic nitrogens is 1. The fraction of sp³-hybridized carbons (Fsp3) is 0.400. The summed E-state index contributed by atoms with van der Waals surface area (Å²) < 4.78 is 14.4. The first kappa shape index (κ1) is 22.1. The molecular weight excluding hydrogens is 458 g/mol. The van der Waals surface area contributed by atoms with Crippen LogP contribution in [-0.4, -0.2) is 34.5 Å². The molecule has 6 heteroatoms. The minimum Gasteiger partial charge on any atom is -0.493 e. The Hall–Kier alpha value is -2.15. The molecule has 4 rings (SSSR count). The van der Waals surface area contributed by atoms with E-state index in [1.54, 1.807) is 13.8 Å². The second-order valence-electron chi connectivity index (χ2n) is 9.10. The summed E-state index contributed by atoms with van der Waals surface area (Å²) in [6.07, 6.45) is 0.658. The number of carbonyl (C=O) groups excluding carboxylic acids is 1. The van der Waals surface area contributed by atoms with Gasteiger partial charge in [-0.2, -0.15) is 0 Å². The SMILES string of the molecule is Cn1c2c(c3ccc(Br)cc31)C(=O)c1ccc(OCCCOC(C)(C)O)cc1C2(C)C. The van der Waals surface area contributed by atoms with Gasteiger partial charge in [0.05, 0.1) is 18.8 Å². The summed E-state index contributed by atoms with van der Waals surface area (Å²) in [6, 6.07) is 11.8. The lowest BCUT2D eigenvalue weighted by atomic mass is 9.71. The summed E-state index contributed by atoms with van der Waals surface area (Å²) in [7, 11) is 2.02. The summed E-state index contributed by atoms with van der Waals surface area (Å²) in [5, 5.41) is 10.6. The van der Waals surface area contributed by atoms with Gasteiger partial charge >= 0.3 is 0 Å². The molecule has 0 unspecified atom stereocenters. The second kappa shape index (κ2) is 7.76. The van der Waals surface area contributed by atoms with Crippen LogP contribution in [0.2, 0.25) is 0 Å². The maximum Gasteiger partial charge on any atom is 0.195 e. The molecule has 1 heterocycles. The number of nitrogens with zero attached hydrogens (tertiary/aromatic N) is 1. The maximum absolute atomic E-state index is 13.5. The summed E-state index contributed by atoms with van der Waals surface area (Å²) >= 11 is 3.55. The number of hydrogen-bond acceptors (Lipinski definition) is 4. The first-order valence-electron chi connectivity index (χ1n) is 10.5. The van der Waals surface area contributed by atoms with Crippen molar-refractivity contribution in [3.63, 3.8) is 0 Å². The standard InChI is InChI=1S/C25H28BrNO4/c1-24(2)19-14-16(30-11-6-12-31-25(3,4)29)8-10-17(19)22(28)21-18-9-7-15(26)13-20(18)27(5)23(21)24/h7-10,13-14,29H,6,11-12H2,1-5H3. The lowest BCUT2D eigenvalue weighted by Crippen LogP contribution is -2.32. The molecule has 0 saturated carbocycles. The van der Waals surface area contributed by atoms with Gasteiger partial charge in [0.25, 0.3) is 0 Å². The fourth-order valence-corrected chi connectivity index (χ4v) is 4.88. The minimum atomic E-state index is -1.14. The van der Waals surface area contributed by atoms with E-state index in [9.17, 15) is 9.90 Å². The summed E-state index contributed by atoms with van der Waals surface area (Å²) in [5.74, 6) is -0.350. The van der Waals surface area contributed by atoms with Crippen molar-refractivity contribution in [1.29, 1.82) is 0 Å². The van der Waals surface area contributed by atoms with Crippen LogP contribution in [0.4, 0.5) is 0 Å². The molecule has 164 valence electrons. The highest BCUT2D eigenvalue weighted by Gasteiger charge is 2.41. The van der Waals surface area contributed by atoms with Gasteiger partial charge in [0.15, 0.2) is 11.6 Å². The number of carbonyl (C=O) groups is 1. The third kappa shape index (κ3) is 3.93. The van der Waals surface area contributed by atoms with Gasteiger partial charge in [-0.25, -0.2) is 0 Å². The van der Waals surface area contributed by atoms with Crippen molar-refractivity contribution < 1.29 is 19.4 Å². The van der Waals surface area contributed by atoms with Crippen molar-refractivity contribution >= 4 is 32.6 Å². The van der Waals surface area contributed by atoms with E-state index in [1.807, 2.05) is 37.4 Å². The van der Waals surface area contributed by atoms with E-state index in [4.69, 9.17) is 9.47 Å². The summed E-state index contributed by atoms with van der Waals surface area (Å²) in [4.78, 5) is 13.5. The van der Waals surface area contributed by atoms with Crippen LogP contribution in [0.15, 0.2) is 40.9 Å². The normalized spacial score (nSPS) is 15.1. The van der Waals surface area contributed by atoms with Crippen LogP contribution < -0.4 is 4.74 Å². The van der Waals surface area contributed by atoms with E-state index in [0.29, 0.717) is 19.6 Å². The van der Waals surface area contributed by atoms with Gasteiger partial charge in [-0.3, -0.25) is 4.79 Å². The maximum atomic E-state index is 13.5. The van der Waals surface area contributed by atoms with E-state index >= 15 is 0 Å². The number of aryl methyl sites for hydroxylation is 1. The summed E-state index contributed by atoms with van der Waals surface area (Å²) in [5.41, 5.74) is 4.19. The van der Waals surface area contributed by atoms with Gasteiger partial charge in [0.2, 0.25) is 0 Å². The number of hydrogen-bond donors (Lipinski definition) is 1. The first-order valence-corrected chi connectivity index (χ1v) is 11.3. The van der Waals surface area contributed by atoms with Gasteiger partial charge < -0.3 is 19.1 Å². The van der Waals surface area contributed by atoms with E-state index in [0.717, 1.165) is 43.5 Å². The zero-order valence-corrected chi connectivity index (χ0v) is 20.2. The van der Waals surface area contributed by atoms with Crippen LogP contribution in [-0.2, 0) is 17.2 Å². The topological polar surface area (TPSA) is 60.7 Å². The highest BCUT2D eigenvalue weighted by molar-refractivity contribution is 9.10. The zero-order valence-electron chi connectivity index (χ0n) is 18.6. The molecular formula is C25H28BrNO4. The Morgan fingerprint density at radius 1 is 1.13 bits per heavy atom. The van der Waals surface area contributed by atoms with E-state index in [1.165, 1.54) is 0 Å². The Bertz CT molecular complexity index is 1170. The fourth-order valence-electron chi connectivity index (χ4n) is 4.53. The molecule has 0 bridgehead atoms. The predicted octanol–water partition coefficient (Wildman–Crippen LogP) is 5.33. The third-order valence-electron chi connectivity index (χ3n) is 5.90. The molecule has 1 N–H and O–H groups in total. The Morgan fingerprint density at radius 3 is 2.58 bits per heavy atom. The smallest absolute Gasteiger partial charge is 0.195 e. The second-order valence-corrected chi connectivity index (χ2v) is 10.0. The molecule has 31 heavy (non-hydrogen) atoms. The van der Waals surface area contributed by atoms with Gasteiger partial charge in [-0.05, 0) is 49.7 Å². The molecule has 0 spiro atoms. The number of ether oxygens (including phenoxy) is 2. The minimum absolute atomic E-state index is 0.0578. The lowest BCUT2D eigenvalue weighted by molar-refractivity contribution is -0.176. The van der Waals surface area contributed by atoms with Crippen molar-refractivity contribution in [3.8, 4) is 5.75 Å². The number of aliphatic hydroxyl groups is 1. The van der Waals surface area contributed by atoms with Gasteiger partial charge in [0, 0.05) is 45.5 Å². The van der Waals surface area contributed by atoms with Crippen molar-refractivity contribution in [2.24, 2.45) is 7.05 Å². The van der Waals surface area contributed by atoms with Crippen LogP contribution in [0, 0.1) is 0 Å². The van der Waals surface area contributed by atoms with Crippen molar-refractivity contribution in [1.82, 2.24) is 4.57 Å². The molecule has 3 aromatic rings. The molecule has 1 aromatic heterocycles. The average molecular weight is 486 g/mol. The largest absolute Gasteiger partial charge is 0.493 e. The molecule has 5 nitrogen and oxygen atoms in total. The highest BCUT2D eigenvalue weighted by Crippen LogP contribution is 2.46. The van der Waals surface area contributed by atoms with Crippen LogP contribution in [0.3, 0.4) is 0 Å². The van der Waals surface area contributed by atoms with Crippen LogP contribution in [0.25, 0.3) is 10.9 Å². The van der Waals surface area contributed by atoms with E-state index < -0.39 is 5.79 Å². The first-order chi connectivity index (χ1) is 14.5. The Labute approximate surface area is 191 Å². The van der Waals surface area contributed by atoms with Gasteiger partial charge in [0.1, 0.15) is 5.75 Å². The third-order valence-corrected chi connectivity index (χ3v) is 6.40. The monoisotopic (exact) mass is 485 g/mol. The molecule has 2 aromatic carbocycles. The van der Waals surface area contributed by atoms with Crippen molar-refractivity contribution in [2.45, 2.75) is 45.3 Å². The van der Waals surface area contributed by atoms with Crippen LogP contribution in [0.5, 0.6) is 5.75 Å². The van der Waals surface area contributed by atoms with E-state index in [2.05, 4.69) is 40.4 Å². The predicted molar refractivity (Wildman–Crippen MR) is 125 cm³/mol. The van der Waals surface area contributed by atoms with E-state index in [-0.39, 0.29) is 11.2 Å².